The third-order valence-corrected chi connectivity index (χ3v) is 5.30. The van der Waals surface area contributed by atoms with E-state index in [0.29, 0.717) is 6.42 Å². The molecule has 0 fully saturated rings. The number of carbonyl (C=O) groups excluding carboxylic acids is 1. The lowest BCUT2D eigenvalue weighted by atomic mass is 10.00. The third-order valence-electron chi connectivity index (χ3n) is 5.30. The van der Waals surface area contributed by atoms with E-state index >= 15 is 0 Å². The fourth-order valence-electron chi connectivity index (χ4n) is 3.37. The van der Waals surface area contributed by atoms with E-state index in [1.807, 2.05) is 37.3 Å². The molecule has 0 N–H and O–H groups in total. The van der Waals surface area contributed by atoms with Crippen molar-refractivity contribution in [3.63, 3.8) is 0 Å². The van der Waals surface area contributed by atoms with Gasteiger partial charge in [0.2, 0.25) is 0 Å². The molecule has 138 valence electrons. The molecule has 0 aliphatic heterocycles. The standard InChI is InChI=1S/C26H23NO/c1-17-4-7-20(8-5-17)21-11-13-25-22(15-21)10-12-24(27-25)16-26(28)23-9-6-18(2)19(3)14-23/h4-15H,16H2,1-3H3. The van der Waals surface area contributed by atoms with Crippen LogP contribution in [0.25, 0.3) is 22.0 Å². The van der Waals surface area contributed by atoms with E-state index in [1.165, 1.54) is 22.3 Å². The topological polar surface area (TPSA) is 30.0 Å². The molecule has 4 rings (SSSR count). The number of pyridine rings is 1. The van der Waals surface area contributed by atoms with E-state index in [9.17, 15) is 4.79 Å². The molecule has 28 heavy (non-hydrogen) atoms. The van der Waals surface area contributed by atoms with Gasteiger partial charge in [0.25, 0.3) is 0 Å². The van der Waals surface area contributed by atoms with Gasteiger partial charge in [-0.05, 0) is 67.3 Å². The molecule has 2 nitrogen and oxygen atoms in total. The molecule has 0 amide bonds. The first kappa shape index (κ1) is 18.1. The zero-order chi connectivity index (χ0) is 19.7. The highest BCUT2D eigenvalue weighted by molar-refractivity contribution is 5.98. The van der Waals surface area contributed by atoms with Gasteiger partial charge in [-0.1, -0.05) is 54.1 Å². The molecule has 1 aromatic heterocycles. The second-order valence-corrected chi connectivity index (χ2v) is 7.48. The molecule has 3 aromatic carbocycles. The van der Waals surface area contributed by atoms with Crippen molar-refractivity contribution < 1.29 is 4.79 Å². The Bertz CT molecular complexity index is 1170. The van der Waals surface area contributed by atoms with Crippen LogP contribution in [0.4, 0.5) is 0 Å². The van der Waals surface area contributed by atoms with Crippen molar-refractivity contribution in [1.82, 2.24) is 4.98 Å². The average Bonchev–Trinajstić information content (AvgIpc) is 2.70. The number of hydrogen-bond acceptors (Lipinski definition) is 2. The van der Waals surface area contributed by atoms with Gasteiger partial charge >= 0.3 is 0 Å². The van der Waals surface area contributed by atoms with Crippen molar-refractivity contribution in [2.75, 3.05) is 0 Å². The summed E-state index contributed by atoms with van der Waals surface area (Å²) in [6.45, 7) is 6.18. The highest BCUT2D eigenvalue weighted by Gasteiger charge is 2.10. The molecule has 0 saturated heterocycles. The molecule has 1 heterocycles. The number of fused-ring (bicyclic) bond motifs is 1. The number of Topliss-reactive ketones (excluding diaryl/α,β-unsaturated/α-hetero) is 1. The average molecular weight is 365 g/mol. The van der Waals surface area contributed by atoms with Gasteiger partial charge in [0.1, 0.15) is 0 Å². The summed E-state index contributed by atoms with van der Waals surface area (Å²) in [5.74, 6) is 0.103. The molecule has 0 aliphatic rings. The number of benzene rings is 3. The van der Waals surface area contributed by atoms with E-state index in [0.717, 1.165) is 27.7 Å². The number of rotatable bonds is 4. The summed E-state index contributed by atoms with van der Waals surface area (Å²) in [6.07, 6.45) is 0.318. The van der Waals surface area contributed by atoms with Crippen molar-refractivity contribution in [2.24, 2.45) is 0 Å². The number of aromatic nitrogens is 1. The van der Waals surface area contributed by atoms with E-state index in [2.05, 4.69) is 56.3 Å². The summed E-state index contributed by atoms with van der Waals surface area (Å²) in [5, 5.41) is 1.08. The lowest BCUT2D eigenvalue weighted by molar-refractivity contribution is 0.0992. The molecule has 4 aromatic rings. The van der Waals surface area contributed by atoms with Crippen molar-refractivity contribution in [3.05, 3.63) is 101 Å². The van der Waals surface area contributed by atoms with Crippen LogP contribution < -0.4 is 0 Å². The van der Waals surface area contributed by atoms with Crippen LogP contribution in [0.2, 0.25) is 0 Å². The van der Waals surface area contributed by atoms with Crippen molar-refractivity contribution in [2.45, 2.75) is 27.2 Å². The smallest absolute Gasteiger partial charge is 0.168 e. The lowest BCUT2D eigenvalue weighted by Gasteiger charge is -2.07. The largest absolute Gasteiger partial charge is 0.294 e. The van der Waals surface area contributed by atoms with Crippen LogP contribution in [0.15, 0.2) is 72.8 Å². The quantitative estimate of drug-likeness (QED) is 0.400. The Balaban J connectivity index is 1.59. The normalized spacial score (nSPS) is 11.0. The second-order valence-electron chi connectivity index (χ2n) is 7.48. The highest BCUT2D eigenvalue weighted by atomic mass is 16.1. The summed E-state index contributed by atoms with van der Waals surface area (Å²) in [5.41, 5.74) is 8.43. The van der Waals surface area contributed by atoms with Gasteiger partial charge in [-0.25, -0.2) is 0 Å². The van der Waals surface area contributed by atoms with Crippen molar-refractivity contribution in [3.8, 4) is 11.1 Å². The number of nitrogens with zero attached hydrogens (tertiary/aromatic N) is 1. The maximum Gasteiger partial charge on any atom is 0.168 e. The molecule has 2 heteroatoms. The molecule has 0 bridgehead atoms. The van der Waals surface area contributed by atoms with Crippen molar-refractivity contribution >= 4 is 16.7 Å². The molecular formula is C26H23NO. The predicted octanol–water partition coefficient (Wildman–Crippen LogP) is 6.25. The summed E-state index contributed by atoms with van der Waals surface area (Å²) in [4.78, 5) is 17.3. The van der Waals surface area contributed by atoms with Gasteiger partial charge < -0.3 is 0 Å². The number of aryl methyl sites for hydroxylation is 3. The molecule has 0 unspecified atom stereocenters. The lowest BCUT2D eigenvalue weighted by Crippen LogP contribution is -2.05. The van der Waals surface area contributed by atoms with Gasteiger partial charge in [0, 0.05) is 16.6 Å². The van der Waals surface area contributed by atoms with E-state index in [1.54, 1.807) is 0 Å². The number of ketones is 1. The summed E-state index contributed by atoms with van der Waals surface area (Å²) in [6, 6.07) is 24.7. The number of hydrogen-bond donors (Lipinski definition) is 0. The fourth-order valence-corrected chi connectivity index (χ4v) is 3.37. The van der Waals surface area contributed by atoms with E-state index in [4.69, 9.17) is 4.98 Å². The third kappa shape index (κ3) is 3.72. The minimum absolute atomic E-state index is 0.103. The molecule has 0 spiro atoms. The summed E-state index contributed by atoms with van der Waals surface area (Å²) >= 11 is 0. The summed E-state index contributed by atoms with van der Waals surface area (Å²) in [7, 11) is 0. The Hall–Kier alpha value is -3.26. The molecular weight excluding hydrogens is 342 g/mol. The van der Waals surface area contributed by atoms with Crippen LogP contribution in [0, 0.1) is 20.8 Å². The van der Waals surface area contributed by atoms with Crippen molar-refractivity contribution in [1.29, 1.82) is 0 Å². The monoisotopic (exact) mass is 365 g/mol. The van der Waals surface area contributed by atoms with E-state index < -0.39 is 0 Å². The second kappa shape index (κ2) is 7.40. The fraction of sp³-hybridized carbons (Fsp3) is 0.154. The van der Waals surface area contributed by atoms with Gasteiger partial charge in [-0.15, -0.1) is 0 Å². The molecule has 0 radical (unpaired) electrons. The van der Waals surface area contributed by atoms with Crippen LogP contribution in [-0.4, -0.2) is 10.8 Å². The highest BCUT2D eigenvalue weighted by Crippen LogP contribution is 2.24. The van der Waals surface area contributed by atoms with E-state index in [-0.39, 0.29) is 5.78 Å². The predicted molar refractivity (Wildman–Crippen MR) is 116 cm³/mol. The maximum atomic E-state index is 12.6. The Labute approximate surface area is 165 Å². The first-order chi connectivity index (χ1) is 13.5. The zero-order valence-corrected chi connectivity index (χ0v) is 16.5. The van der Waals surface area contributed by atoms with Gasteiger partial charge in [-0.3, -0.25) is 9.78 Å². The zero-order valence-electron chi connectivity index (χ0n) is 16.5. The number of carbonyl (C=O) groups is 1. The van der Waals surface area contributed by atoms with Crippen LogP contribution in [-0.2, 0) is 6.42 Å². The maximum absolute atomic E-state index is 12.6. The molecule has 0 atom stereocenters. The Morgan fingerprint density at radius 1 is 0.750 bits per heavy atom. The van der Waals surface area contributed by atoms with Gasteiger partial charge in [0.15, 0.2) is 5.78 Å². The van der Waals surface area contributed by atoms with Crippen LogP contribution >= 0.6 is 0 Å². The summed E-state index contributed by atoms with van der Waals surface area (Å²) < 4.78 is 0. The van der Waals surface area contributed by atoms with Crippen LogP contribution in [0.1, 0.15) is 32.7 Å². The van der Waals surface area contributed by atoms with Crippen LogP contribution in [0.3, 0.4) is 0 Å². The minimum Gasteiger partial charge on any atom is -0.294 e. The first-order valence-electron chi connectivity index (χ1n) is 9.57. The van der Waals surface area contributed by atoms with Gasteiger partial charge in [0.05, 0.1) is 11.9 Å². The van der Waals surface area contributed by atoms with Crippen LogP contribution in [0.5, 0.6) is 0 Å². The minimum atomic E-state index is 0.103. The first-order valence-corrected chi connectivity index (χ1v) is 9.57. The Morgan fingerprint density at radius 2 is 1.50 bits per heavy atom. The SMILES string of the molecule is Cc1ccc(-c2ccc3nc(CC(=O)c4ccc(C)c(C)c4)ccc3c2)cc1. The molecule has 0 aliphatic carbocycles. The molecule has 0 saturated carbocycles. The Morgan fingerprint density at radius 3 is 2.25 bits per heavy atom. The Kier molecular flexibility index (Phi) is 4.79. The van der Waals surface area contributed by atoms with Gasteiger partial charge in [-0.2, -0.15) is 0 Å².